The van der Waals surface area contributed by atoms with Gasteiger partial charge in [-0.25, -0.2) is 0 Å². The smallest absolute Gasteiger partial charge is 0.308 e. The molecule has 1 unspecified atom stereocenters. The van der Waals surface area contributed by atoms with Gasteiger partial charge in [-0.15, -0.1) is 0 Å². The zero-order valence-corrected chi connectivity index (χ0v) is 24.7. The van der Waals surface area contributed by atoms with Gasteiger partial charge in [-0.05, 0) is 60.3 Å². The fourth-order valence-electron chi connectivity index (χ4n) is 9.33. The Morgan fingerprint density at radius 3 is 2.23 bits per heavy atom. The van der Waals surface area contributed by atoms with Gasteiger partial charge in [0.05, 0.1) is 30.7 Å². The van der Waals surface area contributed by atoms with Crippen LogP contribution in [0.1, 0.15) is 87.0 Å². The van der Waals surface area contributed by atoms with Crippen LogP contribution in [0.3, 0.4) is 0 Å². The highest BCUT2D eigenvalue weighted by molar-refractivity contribution is 6.07. The molecular formula is C31H46O8. The summed E-state index contributed by atoms with van der Waals surface area (Å²) in [6.45, 7) is 12.9. The van der Waals surface area contributed by atoms with Gasteiger partial charge in [0, 0.05) is 30.3 Å². The average molecular weight is 547 g/mol. The van der Waals surface area contributed by atoms with E-state index in [-0.39, 0.29) is 42.7 Å². The second-order valence-electron chi connectivity index (χ2n) is 14.1. The van der Waals surface area contributed by atoms with E-state index >= 15 is 0 Å². The lowest BCUT2D eigenvalue weighted by atomic mass is 9.42. The molecule has 2 saturated carbocycles. The number of hydrogen-bond acceptors (Lipinski definition) is 8. The Hall–Kier alpha value is -1.90. The molecule has 4 rings (SSSR count). The topological polar surface area (TPSA) is 138 Å². The third kappa shape index (κ3) is 3.95. The summed E-state index contributed by atoms with van der Waals surface area (Å²) in [5, 5.41) is 34.2. The molecule has 0 amide bonds. The van der Waals surface area contributed by atoms with E-state index in [1.165, 1.54) is 7.11 Å². The summed E-state index contributed by atoms with van der Waals surface area (Å²) < 4.78 is 4.73. The number of methoxy groups -OCH3 is 1. The van der Waals surface area contributed by atoms with Gasteiger partial charge in [-0.1, -0.05) is 41.5 Å². The van der Waals surface area contributed by atoms with E-state index in [2.05, 4.69) is 0 Å². The van der Waals surface area contributed by atoms with Gasteiger partial charge in [-0.3, -0.25) is 19.2 Å². The number of aliphatic hydroxyl groups excluding tert-OH is 3. The highest BCUT2D eigenvalue weighted by atomic mass is 16.5. The third-order valence-corrected chi connectivity index (χ3v) is 11.9. The molecule has 0 aliphatic heterocycles. The first-order chi connectivity index (χ1) is 17.9. The van der Waals surface area contributed by atoms with Crippen molar-refractivity contribution in [1.82, 2.24) is 0 Å². The fourth-order valence-corrected chi connectivity index (χ4v) is 9.33. The maximum absolute atomic E-state index is 14.2. The number of ether oxygens (including phenoxy) is 1. The first kappa shape index (κ1) is 30.1. The van der Waals surface area contributed by atoms with E-state index in [4.69, 9.17) is 4.74 Å². The molecule has 39 heavy (non-hydrogen) atoms. The lowest BCUT2D eigenvalue weighted by molar-refractivity contribution is -0.159. The Morgan fingerprint density at radius 2 is 1.64 bits per heavy atom. The molecule has 8 heteroatoms. The Bertz CT molecular complexity index is 1120. The quantitative estimate of drug-likeness (QED) is 0.432. The van der Waals surface area contributed by atoms with E-state index in [1.807, 2.05) is 27.7 Å². The highest BCUT2D eigenvalue weighted by Crippen LogP contribution is 2.70. The molecule has 0 aromatic carbocycles. The van der Waals surface area contributed by atoms with Crippen molar-refractivity contribution < 1.29 is 39.2 Å². The standard InChI is InChI=1S/C31H46O8/c1-15(11-17(32)12-16(2)27(38)39-8)18-13-22(35)31(7)23-19(33)14-20-28(3,4)21(34)9-10-29(20,5)24(23)25(36)26(37)30(18,31)6/h15-16,18-21,26,33-34,37H,9-14H2,1-8H3/t15-,16?,18-,19+,20+,21+,26+,29+,30+,31+/m1/s1. The summed E-state index contributed by atoms with van der Waals surface area (Å²) in [5.41, 5.74) is -2.91. The number of rotatable bonds is 6. The van der Waals surface area contributed by atoms with Gasteiger partial charge in [-0.2, -0.15) is 0 Å². The van der Waals surface area contributed by atoms with Crippen LogP contribution in [-0.4, -0.2) is 64.1 Å². The number of hydrogen-bond donors (Lipinski definition) is 3. The van der Waals surface area contributed by atoms with Crippen molar-refractivity contribution >= 4 is 23.3 Å². The molecule has 4 aliphatic rings. The fraction of sp³-hybridized carbons (Fsp3) is 0.806. The summed E-state index contributed by atoms with van der Waals surface area (Å²) in [6, 6.07) is 0. The molecule has 0 spiro atoms. The van der Waals surface area contributed by atoms with Crippen LogP contribution >= 0.6 is 0 Å². The number of esters is 1. The van der Waals surface area contributed by atoms with Gasteiger partial charge in [0.2, 0.25) is 0 Å². The number of fused-ring (bicyclic) bond motifs is 4. The largest absolute Gasteiger partial charge is 0.469 e. The van der Waals surface area contributed by atoms with E-state index in [0.29, 0.717) is 30.4 Å². The molecule has 0 aromatic heterocycles. The van der Waals surface area contributed by atoms with Crippen LogP contribution in [0, 0.1) is 45.3 Å². The van der Waals surface area contributed by atoms with Crippen LogP contribution in [0.2, 0.25) is 0 Å². The van der Waals surface area contributed by atoms with E-state index in [9.17, 15) is 34.5 Å². The number of Topliss-reactive ketones (excluding diaryl/α,β-unsaturated/α-hetero) is 3. The summed E-state index contributed by atoms with van der Waals surface area (Å²) in [6.07, 6.45) is -1.55. The zero-order valence-electron chi connectivity index (χ0n) is 24.7. The average Bonchev–Trinajstić information content (AvgIpc) is 3.07. The molecule has 0 saturated heterocycles. The lowest BCUT2D eigenvalue weighted by Gasteiger charge is -2.62. The van der Waals surface area contributed by atoms with Crippen LogP contribution in [0.4, 0.5) is 0 Å². The first-order valence-electron chi connectivity index (χ1n) is 14.4. The Kier molecular flexibility index (Phi) is 7.39. The first-order valence-corrected chi connectivity index (χ1v) is 14.4. The predicted octanol–water partition coefficient (Wildman–Crippen LogP) is 3.19. The predicted molar refractivity (Wildman–Crippen MR) is 143 cm³/mol. The van der Waals surface area contributed by atoms with Crippen molar-refractivity contribution in [3.63, 3.8) is 0 Å². The Balaban J connectivity index is 1.76. The van der Waals surface area contributed by atoms with Crippen LogP contribution in [0.5, 0.6) is 0 Å². The lowest BCUT2D eigenvalue weighted by Crippen LogP contribution is -2.64. The van der Waals surface area contributed by atoms with Crippen molar-refractivity contribution in [3.05, 3.63) is 11.1 Å². The van der Waals surface area contributed by atoms with Crippen molar-refractivity contribution in [2.24, 2.45) is 45.3 Å². The summed E-state index contributed by atoms with van der Waals surface area (Å²) in [7, 11) is 1.28. The van der Waals surface area contributed by atoms with Gasteiger partial charge in [0.15, 0.2) is 5.78 Å². The second-order valence-corrected chi connectivity index (χ2v) is 14.1. The minimum atomic E-state index is -1.47. The Labute approximate surface area is 231 Å². The van der Waals surface area contributed by atoms with Crippen LogP contribution in [0.15, 0.2) is 11.1 Å². The molecule has 0 aromatic rings. The second kappa shape index (κ2) is 9.59. The monoisotopic (exact) mass is 546 g/mol. The molecule has 4 aliphatic carbocycles. The highest BCUT2D eigenvalue weighted by Gasteiger charge is 2.73. The van der Waals surface area contributed by atoms with Gasteiger partial charge in [0.25, 0.3) is 0 Å². The minimum Gasteiger partial charge on any atom is -0.469 e. The molecule has 3 N–H and O–H groups in total. The molecular weight excluding hydrogens is 500 g/mol. The molecule has 0 radical (unpaired) electrons. The van der Waals surface area contributed by atoms with Crippen molar-refractivity contribution in [3.8, 4) is 0 Å². The van der Waals surface area contributed by atoms with Crippen LogP contribution in [-0.2, 0) is 23.9 Å². The maximum Gasteiger partial charge on any atom is 0.308 e. The minimum absolute atomic E-state index is 0.0164. The van der Waals surface area contributed by atoms with Crippen LogP contribution in [0.25, 0.3) is 0 Å². The van der Waals surface area contributed by atoms with Gasteiger partial charge < -0.3 is 20.1 Å². The maximum atomic E-state index is 14.2. The summed E-state index contributed by atoms with van der Waals surface area (Å²) in [5.74, 6) is -2.77. The normalized spacial score (nSPS) is 42.8. The molecule has 0 heterocycles. The third-order valence-electron chi connectivity index (χ3n) is 11.9. The number of aliphatic hydroxyl groups is 3. The number of ketones is 3. The van der Waals surface area contributed by atoms with Crippen LogP contribution < -0.4 is 0 Å². The summed E-state index contributed by atoms with van der Waals surface area (Å²) >= 11 is 0. The van der Waals surface area contributed by atoms with E-state index < -0.39 is 63.6 Å². The molecule has 8 nitrogen and oxygen atoms in total. The molecule has 10 atom stereocenters. The molecule has 2 fully saturated rings. The zero-order chi connectivity index (χ0) is 29.5. The van der Waals surface area contributed by atoms with E-state index in [1.54, 1.807) is 20.8 Å². The molecule has 0 bridgehead atoms. The summed E-state index contributed by atoms with van der Waals surface area (Å²) in [4.78, 5) is 52.9. The van der Waals surface area contributed by atoms with Crippen molar-refractivity contribution in [2.75, 3.05) is 7.11 Å². The Morgan fingerprint density at radius 1 is 1.03 bits per heavy atom. The van der Waals surface area contributed by atoms with Crippen molar-refractivity contribution in [1.29, 1.82) is 0 Å². The number of carbonyl (C=O) groups is 4. The van der Waals surface area contributed by atoms with Gasteiger partial charge >= 0.3 is 5.97 Å². The molecule has 218 valence electrons. The SMILES string of the molecule is COC(=O)C(C)CC(=O)C[C@@H](C)[C@H]1CC(=O)[C@@]2(C)C3=C(C(=O)[C@H](O)[C@]12C)[C@@]1(C)CC[C@H](O)C(C)(C)[C@@H]1C[C@@H]3O. The van der Waals surface area contributed by atoms with Crippen molar-refractivity contribution in [2.45, 2.75) is 105 Å². The van der Waals surface area contributed by atoms with E-state index in [0.717, 1.165) is 0 Å². The van der Waals surface area contributed by atoms with Gasteiger partial charge in [0.1, 0.15) is 17.7 Å². The number of carbonyl (C=O) groups excluding carboxylic acids is 4.